The van der Waals surface area contributed by atoms with Gasteiger partial charge in [-0.05, 0) is 56.3 Å². The number of hydrogen-bond acceptors (Lipinski definition) is 5. The van der Waals surface area contributed by atoms with Crippen LogP contribution in [-0.4, -0.2) is 40.4 Å². The fourth-order valence-electron chi connectivity index (χ4n) is 3.97. The minimum absolute atomic E-state index is 0.0692. The number of anilines is 3. The molecule has 0 spiro atoms. The van der Waals surface area contributed by atoms with E-state index in [4.69, 9.17) is 4.98 Å². The largest absolute Gasteiger partial charge is 0.325 e. The van der Waals surface area contributed by atoms with Crippen molar-refractivity contribution in [2.45, 2.75) is 19.3 Å². The molecule has 0 unspecified atom stereocenters. The van der Waals surface area contributed by atoms with Crippen molar-refractivity contribution >= 4 is 23.2 Å². The second-order valence-corrected chi connectivity index (χ2v) is 7.83. The molecule has 2 N–H and O–H groups in total. The lowest BCUT2D eigenvalue weighted by molar-refractivity contribution is -0.115. The van der Waals surface area contributed by atoms with Gasteiger partial charge in [0.15, 0.2) is 0 Å². The van der Waals surface area contributed by atoms with Crippen molar-refractivity contribution in [2.24, 2.45) is 0 Å². The van der Waals surface area contributed by atoms with E-state index in [1.807, 2.05) is 48.5 Å². The molecule has 0 aliphatic carbocycles. The minimum Gasteiger partial charge on any atom is -0.325 e. The molecular weight excluding hydrogens is 386 g/mol. The van der Waals surface area contributed by atoms with Crippen LogP contribution in [0.3, 0.4) is 0 Å². The maximum absolute atomic E-state index is 12.4. The maximum Gasteiger partial charge on any atom is 0.228 e. The predicted octanol–water partition coefficient (Wildman–Crippen LogP) is 3.83. The standard InChI is InChI=1S/C25H23N5O/c31-23-16-19-17-26-25(27-20-8-2-1-3-9-20)29-24(19)21-15-18(10-11-22(21)28-23)7-6-14-30-12-4-5-13-30/h1-3,8-11,15,17H,4-5,12-14,16H2,(H,28,31)(H,26,27,29). The van der Waals surface area contributed by atoms with Gasteiger partial charge in [-0.25, -0.2) is 9.97 Å². The number of nitrogens with one attached hydrogen (secondary N) is 2. The zero-order valence-electron chi connectivity index (χ0n) is 17.2. The van der Waals surface area contributed by atoms with E-state index in [-0.39, 0.29) is 12.3 Å². The van der Waals surface area contributed by atoms with E-state index in [0.29, 0.717) is 5.95 Å². The summed E-state index contributed by atoms with van der Waals surface area (Å²) in [4.78, 5) is 23.9. The fraction of sp³-hybridized carbons (Fsp3) is 0.240. The number of amides is 1. The number of hydrogen-bond donors (Lipinski definition) is 2. The van der Waals surface area contributed by atoms with Gasteiger partial charge in [0, 0.05) is 28.6 Å². The third kappa shape index (κ3) is 4.42. The molecule has 2 aliphatic heterocycles. The van der Waals surface area contributed by atoms with Crippen LogP contribution >= 0.6 is 0 Å². The van der Waals surface area contributed by atoms with E-state index in [2.05, 4.69) is 32.4 Å². The lowest BCUT2D eigenvalue weighted by Gasteiger charge is -2.11. The van der Waals surface area contributed by atoms with Gasteiger partial charge in [0.2, 0.25) is 11.9 Å². The lowest BCUT2D eigenvalue weighted by Crippen LogP contribution is -2.18. The van der Waals surface area contributed by atoms with Crippen molar-refractivity contribution in [1.82, 2.24) is 14.9 Å². The summed E-state index contributed by atoms with van der Waals surface area (Å²) < 4.78 is 0. The van der Waals surface area contributed by atoms with Crippen molar-refractivity contribution < 1.29 is 4.79 Å². The molecule has 154 valence electrons. The Morgan fingerprint density at radius 2 is 1.94 bits per heavy atom. The Kier molecular flexibility index (Phi) is 5.34. The second-order valence-electron chi connectivity index (χ2n) is 7.83. The molecule has 5 rings (SSSR count). The quantitative estimate of drug-likeness (QED) is 0.644. The molecule has 6 heteroatoms. The Bertz CT molecular complexity index is 1170. The van der Waals surface area contributed by atoms with Crippen molar-refractivity contribution in [1.29, 1.82) is 0 Å². The number of fused-ring (bicyclic) bond motifs is 3. The van der Waals surface area contributed by atoms with Gasteiger partial charge >= 0.3 is 0 Å². The van der Waals surface area contributed by atoms with Crippen LogP contribution in [0.5, 0.6) is 0 Å². The van der Waals surface area contributed by atoms with Gasteiger partial charge in [-0.15, -0.1) is 0 Å². The van der Waals surface area contributed by atoms with Gasteiger partial charge in [-0.2, -0.15) is 0 Å². The Morgan fingerprint density at radius 1 is 1.10 bits per heavy atom. The summed E-state index contributed by atoms with van der Waals surface area (Å²) in [5, 5.41) is 6.22. The van der Waals surface area contributed by atoms with Crippen molar-refractivity contribution in [3.63, 3.8) is 0 Å². The van der Waals surface area contributed by atoms with Crippen LogP contribution in [0.25, 0.3) is 11.3 Å². The Balaban J connectivity index is 1.48. The molecule has 1 amide bonds. The summed E-state index contributed by atoms with van der Waals surface area (Å²) in [5.41, 5.74) is 5.00. The first kappa shape index (κ1) is 19.3. The van der Waals surface area contributed by atoms with E-state index < -0.39 is 0 Å². The smallest absolute Gasteiger partial charge is 0.228 e. The first-order valence-electron chi connectivity index (χ1n) is 10.6. The normalized spacial score (nSPS) is 15.2. The predicted molar refractivity (Wildman–Crippen MR) is 122 cm³/mol. The molecule has 1 fully saturated rings. The molecule has 0 atom stereocenters. The van der Waals surface area contributed by atoms with Crippen LogP contribution in [0.4, 0.5) is 17.3 Å². The highest BCUT2D eigenvalue weighted by atomic mass is 16.1. The van der Waals surface area contributed by atoms with Gasteiger partial charge in [0.25, 0.3) is 0 Å². The third-order valence-corrected chi connectivity index (χ3v) is 5.53. The fourth-order valence-corrected chi connectivity index (χ4v) is 3.97. The van der Waals surface area contributed by atoms with E-state index >= 15 is 0 Å². The number of nitrogens with zero attached hydrogens (tertiary/aromatic N) is 3. The van der Waals surface area contributed by atoms with Crippen LogP contribution in [0.15, 0.2) is 54.7 Å². The zero-order valence-corrected chi connectivity index (χ0v) is 17.2. The van der Waals surface area contributed by atoms with Crippen molar-refractivity contribution in [3.8, 4) is 23.1 Å². The molecule has 31 heavy (non-hydrogen) atoms. The molecule has 1 saturated heterocycles. The van der Waals surface area contributed by atoms with Gasteiger partial charge in [0.05, 0.1) is 24.3 Å². The zero-order chi connectivity index (χ0) is 21.0. The molecule has 0 bridgehead atoms. The molecule has 3 aromatic rings. The molecule has 0 saturated carbocycles. The molecule has 1 aromatic heterocycles. The van der Waals surface area contributed by atoms with Crippen LogP contribution in [0.1, 0.15) is 24.0 Å². The molecule has 2 aromatic carbocycles. The van der Waals surface area contributed by atoms with E-state index in [0.717, 1.165) is 53.4 Å². The number of para-hydroxylation sites is 1. The lowest BCUT2D eigenvalue weighted by atomic mass is 10.0. The monoisotopic (exact) mass is 409 g/mol. The summed E-state index contributed by atoms with van der Waals surface area (Å²) in [6.45, 7) is 3.05. The van der Waals surface area contributed by atoms with Crippen molar-refractivity contribution in [2.75, 3.05) is 30.3 Å². The van der Waals surface area contributed by atoms with Crippen LogP contribution < -0.4 is 10.6 Å². The van der Waals surface area contributed by atoms with Crippen LogP contribution in [0.2, 0.25) is 0 Å². The van der Waals surface area contributed by atoms with E-state index in [1.54, 1.807) is 6.20 Å². The van der Waals surface area contributed by atoms with Crippen LogP contribution in [-0.2, 0) is 11.2 Å². The average Bonchev–Trinajstić information content (AvgIpc) is 3.25. The maximum atomic E-state index is 12.4. The highest BCUT2D eigenvalue weighted by Crippen LogP contribution is 2.33. The van der Waals surface area contributed by atoms with Gasteiger partial charge < -0.3 is 10.6 Å². The van der Waals surface area contributed by atoms with Gasteiger partial charge in [0.1, 0.15) is 0 Å². The highest BCUT2D eigenvalue weighted by Gasteiger charge is 2.21. The molecule has 6 nitrogen and oxygen atoms in total. The highest BCUT2D eigenvalue weighted by molar-refractivity contribution is 6.00. The first-order valence-corrected chi connectivity index (χ1v) is 10.6. The topological polar surface area (TPSA) is 70.2 Å². The summed E-state index contributed by atoms with van der Waals surface area (Å²) in [7, 11) is 0. The number of likely N-dealkylation sites (tertiary alicyclic amines) is 1. The summed E-state index contributed by atoms with van der Waals surface area (Å²) >= 11 is 0. The Labute approximate surface area is 181 Å². The first-order chi connectivity index (χ1) is 15.2. The second kappa shape index (κ2) is 8.58. The SMILES string of the molecule is O=C1Cc2cnc(Nc3ccccc3)nc2-c2cc(C#CCN3CCCC3)ccc2N1. The number of carbonyl (C=O) groups is 1. The molecule has 3 heterocycles. The Morgan fingerprint density at radius 3 is 2.77 bits per heavy atom. The minimum atomic E-state index is -0.0692. The van der Waals surface area contributed by atoms with Gasteiger partial charge in [-0.1, -0.05) is 30.0 Å². The number of carbonyl (C=O) groups excluding carboxylic acids is 1. The summed E-state index contributed by atoms with van der Waals surface area (Å²) in [6, 6.07) is 15.7. The summed E-state index contributed by atoms with van der Waals surface area (Å²) in [6.07, 6.45) is 4.49. The molecule has 2 aliphatic rings. The average molecular weight is 409 g/mol. The third-order valence-electron chi connectivity index (χ3n) is 5.53. The molecular formula is C25H23N5O. The van der Waals surface area contributed by atoms with Gasteiger partial charge in [-0.3, -0.25) is 9.69 Å². The summed E-state index contributed by atoms with van der Waals surface area (Å²) in [5.74, 6) is 6.99. The number of rotatable bonds is 3. The number of aromatic nitrogens is 2. The number of benzene rings is 2. The van der Waals surface area contributed by atoms with Crippen molar-refractivity contribution in [3.05, 3.63) is 65.9 Å². The van der Waals surface area contributed by atoms with E-state index in [9.17, 15) is 4.79 Å². The Hall–Kier alpha value is -3.69. The van der Waals surface area contributed by atoms with Crippen LogP contribution in [0, 0.1) is 11.8 Å². The molecule has 0 radical (unpaired) electrons. The van der Waals surface area contributed by atoms with E-state index in [1.165, 1.54) is 12.8 Å².